The molecule has 2 rings (SSSR count). The van der Waals surface area contributed by atoms with Gasteiger partial charge in [0, 0.05) is 17.8 Å². The van der Waals surface area contributed by atoms with Gasteiger partial charge in [0.25, 0.3) is 0 Å². The van der Waals surface area contributed by atoms with Crippen LogP contribution in [0.25, 0.3) is 0 Å². The minimum atomic E-state index is -0.320. The SMILES string of the molecule is CCNC(C)c1cccnc1Oc1ccc(F)c(Br)c1. The van der Waals surface area contributed by atoms with E-state index in [0.717, 1.165) is 12.1 Å². The van der Waals surface area contributed by atoms with Gasteiger partial charge < -0.3 is 10.1 Å². The van der Waals surface area contributed by atoms with Crippen LogP contribution in [0.4, 0.5) is 4.39 Å². The number of hydrogen-bond acceptors (Lipinski definition) is 3. The topological polar surface area (TPSA) is 34.2 Å². The van der Waals surface area contributed by atoms with Crippen LogP contribution in [-0.2, 0) is 0 Å². The molecule has 0 amide bonds. The highest BCUT2D eigenvalue weighted by Crippen LogP contribution is 2.29. The Hall–Kier alpha value is -1.46. The van der Waals surface area contributed by atoms with Crippen LogP contribution in [0.1, 0.15) is 25.5 Å². The van der Waals surface area contributed by atoms with E-state index in [9.17, 15) is 4.39 Å². The van der Waals surface area contributed by atoms with Crippen LogP contribution in [-0.4, -0.2) is 11.5 Å². The van der Waals surface area contributed by atoms with Gasteiger partial charge in [-0.1, -0.05) is 13.0 Å². The third kappa shape index (κ3) is 3.55. The van der Waals surface area contributed by atoms with E-state index in [1.807, 2.05) is 26.0 Å². The molecule has 0 radical (unpaired) electrons. The fourth-order valence-corrected chi connectivity index (χ4v) is 2.24. The lowest BCUT2D eigenvalue weighted by molar-refractivity contribution is 0.442. The third-order valence-corrected chi connectivity index (χ3v) is 3.49. The number of rotatable bonds is 5. The van der Waals surface area contributed by atoms with Crippen LogP contribution >= 0.6 is 15.9 Å². The number of pyridine rings is 1. The molecular formula is C15H16BrFN2O. The Morgan fingerprint density at radius 3 is 2.90 bits per heavy atom. The standard InChI is InChI=1S/C15H16BrFN2O/c1-3-18-10(2)12-5-4-8-19-15(12)20-11-6-7-14(17)13(16)9-11/h4-10,18H,3H2,1-2H3. The summed E-state index contributed by atoms with van der Waals surface area (Å²) in [6.45, 7) is 4.95. The molecule has 1 N–H and O–H groups in total. The summed E-state index contributed by atoms with van der Waals surface area (Å²) in [6.07, 6.45) is 1.68. The molecule has 1 aromatic carbocycles. The van der Waals surface area contributed by atoms with Gasteiger partial charge in [-0.25, -0.2) is 9.37 Å². The van der Waals surface area contributed by atoms with Crippen molar-refractivity contribution in [2.45, 2.75) is 19.9 Å². The molecule has 1 atom stereocenters. The summed E-state index contributed by atoms with van der Waals surface area (Å²) in [6, 6.07) is 8.50. The summed E-state index contributed by atoms with van der Waals surface area (Å²) in [5.41, 5.74) is 0.967. The number of benzene rings is 1. The van der Waals surface area contributed by atoms with E-state index in [0.29, 0.717) is 16.1 Å². The molecule has 1 unspecified atom stereocenters. The van der Waals surface area contributed by atoms with Crippen molar-refractivity contribution in [3.05, 3.63) is 52.4 Å². The molecular weight excluding hydrogens is 323 g/mol. The van der Waals surface area contributed by atoms with E-state index in [1.165, 1.54) is 6.07 Å². The fourth-order valence-electron chi connectivity index (χ4n) is 1.89. The highest BCUT2D eigenvalue weighted by Gasteiger charge is 2.13. The third-order valence-electron chi connectivity index (χ3n) is 2.88. The Bertz CT molecular complexity index is 592. The molecule has 0 spiro atoms. The van der Waals surface area contributed by atoms with E-state index in [2.05, 4.69) is 26.2 Å². The number of hydrogen-bond donors (Lipinski definition) is 1. The molecule has 3 nitrogen and oxygen atoms in total. The Labute approximate surface area is 126 Å². The van der Waals surface area contributed by atoms with Crippen LogP contribution in [0.15, 0.2) is 41.0 Å². The second kappa shape index (κ2) is 6.81. The molecule has 5 heteroatoms. The van der Waals surface area contributed by atoms with E-state index >= 15 is 0 Å². The molecule has 20 heavy (non-hydrogen) atoms. The number of ether oxygens (including phenoxy) is 1. The smallest absolute Gasteiger partial charge is 0.223 e. The maximum absolute atomic E-state index is 13.2. The highest BCUT2D eigenvalue weighted by atomic mass is 79.9. The summed E-state index contributed by atoms with van der Waals surface area (Å²) in [4.78, 5) is 4.26. The Balaban J connectivity index is 2.26. The predicted molar refractivity (Wildman–Crippen MR) is 80.5 cm³/mol. The summed E-state index contributed by atoms with van der Waals surface area (Å²) in [7, 11) is 0. The summed E-state index contributed by atoms with van der Waals surface area (Å²) < 4.78 is 19.4. The summed E-state index contributed by atoms with van der Waals surface area (Å²) >= 11 is 3.14. The van der Waals surface area contributed by atoms with Crippen molar-refractivity contribution in [2.24, 2.45) is 0 Å². The average Bonchev–Trinajstić information content (AvgIpc) is 2.44. The zero-order chi connectivity index (χ0) is 14.5. The van der Waals surface area contributed by atoms with Gasteiger partial charge in [0.15, 0.2) is 0 Å². The van der Waals surface area contributed by atoms with Gasteiger partial charge in [-0.05, 0) is 53.7 Å². The van der Waals surface area contributed by atoms with Crippen molar-refractivity contribution in [2.75, 3.05) is 6.54 Å². The van der Waals surface area contributed by atoms with Crippen molar-refractivity contribution in [3.63, 3.8) is 0 Å². The predicted octanol–water partition coefficient (Wildman–Crippen LogP) is 4.45. The Morgan fingerprint density at radius 1 is 1.40 bits per heavy atom. The van der Waals surface area contributed by atoms with Crippen LogP contribution in [0.5, 0.6) is 11.6 Å². The van der Waals surface area contributed by atoms with Gasteiger partial charge in [0.1, 0.15) is 11.6 Å². The molecule has 1 aromatic heterocycles. The van der Waals surface area contributed by atoms with Crippen LogP contribution in [0, 0.1) is 5.82 Å². The highest BCUT2D eigenvalue weighted by molar-refractivity contribution is 9.10. The lowest BCUT2D eigenvalue weighted by Gasteiger charge is -2.16. The monoisotopic (exact) mass is 338 g/mol. The van der Waals surface area contributed by atoms with Gasteiger partial charge in [-0.3, -0.25) is 0 Å². The molecule has 0 saturated carbocycles. The summed E-state index contributed by atoms with van der Waals surface area (Å²) in [5, 5.41) is 3.32. The number of halogens is 2. The van der Waals surface area contributed by atoms with Crippen LogP contribution in [0.3, 0.4) is 0 Å². The van der Waals surface area contributed by atoms with Gasteiger partial charge in [-0.15, -0.1) is 0 Å². The van der Waals surface area contributed by atoms with E-state index in [-0.39, 0.29) is 11.9 Å². The van der Waals surface area contributed by atoms with Crippen LogP contribution in [0.2, 0.25) is 0 Å². The number of nitrogens with zero attached hydrogens (tertiary/aromatic N) is 1. The second-order valence-corrected chi connectivity index (χ2v) is 5.21. The molecule has 0 fully saturated rings. The Morgan fingerprint density at radius 2 is 2.20 bits per heavy atom. The summed E-state index contributed by atoms with van der Waals surface area (Å²) in [5.74, 6) is 0.751. The van der Waals surface area contributed by atoms with Gasteiger partial charge >= 0.3 is 0 Å². The van der Waals surface area contributed by atoms with E-state index < -0.39 is 0 Å². The van der Waals surface area contributed by atoms with Crippen molar-refractivity contribution >= 4 is 15.9 Å². The molecule has 0 aliphatic carbocycles. The van der Waals surface area contributed by atoms with Crippen molar-refractivity contribution in [1.82, 2.24) is 10.3 Å². The van der Waals surface area contributed by atoms with Crippen LogP contribution < -0.4 is 10.1 Å². The molecule has 2 aromatic rings. The van der Waals surface area contributed by atoms with E-state index in [4.69, 9.17) is 4.74 Å². The minimum absolute atomic E-state index is 0.132. The van der Waals surface area contributed by atoms with E-state index in [1.54, 1.807) is 18.3 Å². The zero-order valence-corrected chi connectivity index (χ0v) is 12.9. The first-order valence-corrected chi connectivity index (χ1v) is 7.22. The number of nitrogens with one attached hydrogen (secondary N) is 1. The zero-order valence-electron chi connectivity index (χ0n) is 11.4. The first-order chi connectivity index (χ1) is 9.61. The quantitative estimate of drug-likeness (QED) is 0.874. The lowest BCUT2D eigenvalue weighted by atomic mass is 10.1. The maximum Gasteiger partial charge on any atom is 0.223 e. The number of aromatic nitrogens is 1. The average molecular weight is 339 g/mol. The molecule has 0 saturated heterocycles. The minimum Gasteiger partial charge on any atom is -0.439 e. The van der Waals surface area contributed by atoms with Crippen molar-refractivity contribution in [3.8, 4) is 11.6 Å². The Kier molecular flexibility index (Phi) is 5.09. The fraction of sp³-hybridized carbons (Fsp3) is 0.267. The molecule has 106 valence electrons. The largest absolute Gasteiger partial charge is 0.439 e. The maximum atomic E-state index is 13.2. The molecule has 0 aliphatic rings. The van der Waals surface area contributed by atoms with Gasteiger partial charge in [-0.2, -0.15) is 0 Å². The molecule has 0 aliphatic heterocycles. The first-order valence-electron chi connectivity index (χ1n) is 6.43. The second-order valence-electron chi connectivity index (χ2n) is 4.36. The molecule has 1 heterocycles. The first kappa shape index (κ1) is 14.9. The lowest BCUT2D eigenvalue weighted by Crippen LogP contribution is -2.18. The van der Waals surface area contributed by atoms with Gasteiger partial charge in [0.05, 0.1) is 4.47 Å². The van der Waals surface area contributed by atoms with Crippen molar-refractivity contribution < 1.29 is 9.13 Å². The normalized spacial score (nSPS) is 12.2. The van der Waals surface area contributed by atoms with Gasteiger partial charge in [0.2, 0.25) is 5.88 Å². The van der Waals surface area contributed by atoms with Crippen molar-refractivity contribution in [1.29, 1.82) is 0 Å². The molecule has 0 bridgehead atoms.